The molecule has 0 saturated heterocycles. The molecule has 12 valence electrons. The smallest absolute Gasteiger partial charge is 0.512 e. The van der Waals surface area contributed by atoms with Crippen molar-refractivity contribution in [2.24, 2.45) is 0 Å². The van der Waals surface area contributed by atoms with E-state index in [2.05, 4.69) is 0 Å². The van der Waals surface area contributed by atoms with Gasteiger partial charge in [0, 0.05) is 19.5 Å². The first kappa shape index (κ1) is 17.2. The van der Waals surface area contributed by atoms with Crippen molar-refractivity contribution in [1.82, 2.24) is 0 Å². The Labute approximate surface area is 80.9 Å². The summed E-state index contributed by atoms with van der Waals surface area (Å²) in [5, 5.41) is 6.25. The number of hydrogen-bond acceptors (Lipinski definition) is 1. The van der Waals surface area contributed by atoms with Crippen LogP contribution in [0, 0.1) is 11.8 Å². The summed E-state index contributed by atoms with van der Waals surface area (Å²) < 4.78 is 0. The molecule has 0 aliphatic heterocycles. The molecule has 4 heavy (non-hydrogen) atoms. The largest absolute Gasteiger partial charge is 1.00 e. The normalized spacial score (nSPS) is 0.500. The molecule has 1 nitrogen and oxygen atoms in total. The Kier molecular flexibility index (Phi) is 93.6. The number of nitrogens with zero attached hydrogens (tertiary/aromatic N) is 1. The molecule has 0 radical (unpaired) electrons. The molecule has 0 heterocycles. The topological polar surface area (TPSA) is 23.8 Å². The van der Waals surface area contributed by atoms with Crippen molar-refractivity contribution in [1.29, 1.82) is 5.26 Å². The van der Waals surface area contributed by atoms with Crippen LogP contribution in [0.25, 0.3) is 0 Å². The van der Waals surface area contributed by atoms with Gasteiger partial charge in [0.1, 0.15) is 0 Å². The van der Waals surface area contributed by atoms with E-state index in [1.54, 1.807) is 0 Å². The average Bonchev–Trinajstić information content (AvgIpc) is 1.00. The number of rotatable bonds is 0. The van der Waals surface area contributed by atoms with E-state index in [9.17, 15) is 0 Å². The van der Waals surface area contributed by atoms with Gasteiger partial charge in [0.2, 0.25) is 0 Å². The van der Waals surface area contributed by atoms with Crippen molar-refractivity contribution in [3.05, 3.63) is 6.57 Å². The van der Waals surface area contributed by atoms with Crippen molar-refractivity contribution in [2.45, 2.75) is 0 Å². The quantitative estimate of drug-likeness (QED) is 0.255. The predicted octanol–water partition coefficient (Wildman–Crippen LogP) is -2.90. The second-order valence-corrected chi connectivity index (χ2v) is 0. The Morgan fingerprint density at radius 1 is 1.25 bits per heavy atom. The van der Waals surface area contributed by atoms with Gasteiger partial charge in [-0.15, -0.1) is 0 Å². The van der Waals surface area contributed by atoms with Crippen LogP contribution in [0.5, 0.6) is 0 Å². The van der Waals surface area contributed by atoms with Crippen LogP contribution in [0.15, 0.2) is 0 Å². The first-order chi connectivity index (χ1) is 1.00. The zero-order valence-corrected chi connectivity index (χ0v) is 8.74. The molecule has 0 spiro atoms. The summed E-state index contributed by atoms with van der Waals surface area (Å²) in [5.41, 5.74) is 0. The van der Waals surface area contributed by atoms with E-state index >= 15 is 0 Å². The third-order valence-electron chi connectivity index (χ3n) is 0. The average molecular weight is 131 g/mol. The Morgan fingerprint density at radius 2 is 1.25 bits per heavy atom. The monoisotopic (exact) mass is 129 g/mol. The molecule has 3 heteroatoms. The van der Waals surface area contributed by atoms with Crippen LogP contribution in [0.2, 0.25) is 0 Å². The summed E-state index contributed by atoms with van der Waals surface area (Å²) in [6.07, 6.45) is 0. The zero-order chi connectivity index (χ0) is 2.00. The van der Waals surface area contributed by atoms with Gasteiger partial charge >= 0.3 is 51.4 Å². The summed E-state index contributed by atoms with van der Waals surface area (Å²) in [4.78, 5) is 0. The Morgan fingerprint density at radius 3 is 1.25 bits per heavy atom. The molecule has 0 bridgehead atoms. The van der Waals surface area contributed by atoms with E-state index in [4.69, 9.17) is 11.8 Å². The zero-order valence-electron chi connectivity index (χ0n) is 2.65. The fourth-order valence-electron chi connectivity index (χ4n) is 0. The van der Waals surface area contributed by atoms with Crippen LogP contribution in [0.3, 0.4) is 0 Å². The van der Waals surface area contributed by atoms with Gasteiger partial charge in [0.05, 0.1) is 0 Å². The summed E-state index contributed by atoms with van der Waals surface area (Å²) in [6, 6.07) is 0. The third kappa shape index (κ3) is 9.26. The minimum Gasteiger partial charge on any atom is -0.512 e. The van der Waals surface area contributed by atoms with Crippen molar-refractivity contribution < 1.29 is 70.9 Å². The first-order valence-electron chi connectivity index (χ1n) is 0.224. The van der Waals surface area contributed by atoms with Crippen LogP contribution in [0.1, 0.15) is 0 Å². The molecule has 0 fully saturated rings. The van der Waals surface area contributed by atoms with Crippen LogP contribution in [-0.4, -0.2) is 0 Å². The molecule has 0 aliphatic carbocycles. The Hall–Kier alpha value is 1.75. The third-order valence-corrected chi connectivity index (χ3v) is 0. The van der Waals surface area contributed by atoms with Gasteiger partial charge in [0.25, 0.3) is 0 Å². The number of hydrogen-bond donors (Lipinski definition) is 0. The van der Waals surface area contributed by atoms with E-state index in [1.165, 1.54) is 0 Å². The van der Waals surface area contributed by atoms with E-state index in [-0.39, 0.29) is 70.9 Å². The van der Waals surface area contributed by atoms with Crippen LogP contribution in [-0.2, 0) is 19.5 Å². The summed E-state index contributed by atoms with van der Waals surface area (Å²) in [5.74, 6) is 0. The van der Waals surface area contributed by atoms with E-state index in [0.717, 1.165) is 0 Å². The van der Waals surface area contributed by atoms with E-state index in [0.29, 0.717) is 0 Å². The Balaban J connectivity index is -0.00000000500. The van der Waals surface area contributed by atoms with Crippen molar-refractivity contribution in [3.8, 4) is 0 Å². The molecule has 0 aromatic heterocycles. The maximum Gasteiger partial charge on any atom is 1.00 e. The van der Waals surface area contributed by atoms with Gasteiger partial charge in [-0.1, -0.05) is 0 Å². The van der Waals surface area contributed by atoms with Crippen LogP contribution < -0.4 is 51.4 Å². The van der Waals surface area contributed by atoms with E-state index < -0.39 is 0 Å². The molecule has 0 amide bonds. The summed E-state index contributed by atoms with van der Waals surface area (Å²) in [6.45, 7) is 4.75. The summed E-state index contributed by atoms with van der Waals surface area (Å²) in [7, 11) is 0. The molecule has 0 rings (SSSR count). The fraction of sp³-hybridized carbons (Fsp3) is 0. The molecule has 0 N–H and O–H groups in total. The second kappa shape index (κ2) is 21.8. The van der Waals surface area contributed by atoms with E-state index in [1.807, 2.05) is 0 Å². The molecule has 0 atom stereocenters. The fourth-order valence-corrected chi connectivity index (χ4v) is 0. The SMILES string of the molecule is [C-]#N.[K+].[Zn]. The molecule has 0 aromatic carbocycles. The van der Waals surface area contributed by atoms with Gasteiger partial charge < -0.3 is 11.8 Å². The Bertz CT molecular complexity index is 12.8. The molecular formula is CKNZn. The standard InChI is InChI=1S/CN.K.Zn/c1-2;;/q-1;+1;. The summed E-state index contributed by atoms with van der Waals surface area (Å²) >= 11 is 0. The van der Waals surface area contributed by atoms with Crippen LogP contribution >= 0.6 is 0 Å². The minimum absolute atomic E-state index is 0. The van der Waals surface area contributed by atoms with Crippen molar-refractivity contribution >= 4 is 0 Å². The van der Waals surface area contributed by atoms with Gasteiger partial charge in [-0.3, -0.25) is 0 Å². The molecule has 0 aliphatic rings. The van der Waals surface area contributed by atoms with Crippen molar-refractivity contribution in [3.63, 3.8) is 0 Å². The van der Waals surface area contributed by atoms with Crippen LogP contribution in [0.4, 0.5) is 0 Å². The first-order valence-corrected chi connectivity index (χ1v) is 0.224. The minimum atomic E-state index is 0. The van der Waals surface area contributed by atoms with Gasteiger partial charge in [-0.2, -0.15) is 0 Å². The van der Waals surface area contributed by atoms with Gasteiger partial charge in [0.15, 0.2) is 0 Å². The van der Waals surface area contributed by atoms with Crippen molar-refractivity contribution in [2.75, 3.05) is 0 Å². The maximum atomic E-state index is 6.25. The second-order valence-electron chi connectivity index (χ2n) is 0. The van der Waals surface area contributed by atoms with Gasteiger partial charge in [-0.05, 0) is 0 Å². The predicted molar refractivity (Wildman–Crippen MR) is 4.97 cm³/mol. The molecular weight excluding hydrogens is 131 g/mol. The van der Waals surface area contributed by atoms with Gasteiger partial charge in [-0.25, -0.2) is 0 Å². The maximum absolute atomic E-state index is 6.25. The molecule has 0 aromatic rings. The molecule has 0 saturated carbocycles. The molecule has 0 unspecified atom stereocenters.